The van der Waals surface area contributed by atoms with Gasteiger partial charge in [0.2, 0.25) is 5.78 Å². The summed E-state index contributed by atoms with van der Waals surface area (Å²) in [4.78, 5) is 15.9. The van der Waals surface area contributed by atoms with Crippen molar-refractivity contribution in [1.82, 2.24) is 19.2 Å². The van der Waals surface area contributed by atoms with Gasteiger partial charge in [-0.25, -0.2) is 4.98 Å². The number of rotatable bonds is 2. The van der Waals surface area contributed by atoms with Crippen LogP contribution in [-0.2, 0) is 4.74 Å². The Hall–Kier alpha value is -1.81. The Morgan fingerprint density at radius 2 is 2.15 bits per heavy atom. The van der Waals surface area contributed by atoms with E-state index in [0.29, 0.717) is 5.69 Å². The van der Waals surface area contributed by atoms with Crippen molar-refractivity contribution < 1.29 is 20.1 Å². The normalized spacial score (nSPS) is 30.2. The Morgan fingerprint density at radius 1 is 1.40 bits per heavy atom. The first kappa shape index (κ1) is 13.2. The molecule has 0 bridgehead atoms. The molecule has 1 fully saturated rings. The van der Waals surface area contributed by atoms with E-state index in [4.69, 9.17) is 9.84 Å². The van der Waals surface area contributed by atoms with Crippen LogP contribution in [0.25, 0.3) is 5.78 Å². The summed E-state index contributed by atoms with van der Waals surface area (Å²) in [7, 11) is 0. The molecule has 0 aliphatic carbocycles. The van der Waals surface area contributed by atoms with E-state index in [2.05, 4.69) is 10.1 Å². The van der Waals surface area contributed by atoms with Gasteiger partial charge in [0.1, 0.15) is 24.6 Å². The van der Waals surface area contributed by atoms with Crippen LogP contribution in [0.1, 0.15) is 11.9 Å². The van der Waals surface area contributed by atoms with Crippen LogP contribution in [0.4, 0.5) is 0 Å². The first-order valence-electron chi connectivity index (χ1n) is 6.09. The largest absolute Gasteiger partial charge is 0.394 e. The lowest BCUT2D eigenvalue weighted by molar-refractivity contribution is -0.0512. The fourth-order valence-electron chi connectivity index (χ4n) is 2.30. The molecule has 0 saturated carbocycles. The number of aromatic nitrogens is 4. The monoisotopic (exact) mass is 282 g/mol. The summed E-state index contributed by atoms with van der Waals surface area (Å²) in [5.41, 5.74) is 0.154. The lowest BCUT2D eigenvalue weighted by Crippen LogP contribution is -2.33. The summed E-state index contributed by atoms with van der Waals surface area (Å²) in [6.45, 7) is 1.24. The second-order valence-electron chi connectivity index (χ2n) is 4.71. The predicted octanol–water partition coefficient (Wildman–Crippen LogP) is -2.19. The lowest BCUT2D eigenvalue weighted by atomic mass is 10.1. The maximum absolute atomic E-state index is 11.7. The molecule has 3 rings (SSSR count). The fraction of sp³-hybridized carbons (Fsp3) is 0.545. The van der Waals surface area contributed by atoms with E-state index in [1.807, 2.05) is 0 Å². The van der Waals surface area contributed by atoms with Gasteiger partial charge >= 0.3 is 0 Å². The molecule has 0 aromatic carbocycles. The molecule has 20 heavy (non-hydrogen) atoms. The van der Waals surface area contributed by atoms with Crippen molar-refractivity contribution in [1.29, 1.82) is 0 Å². The molecule has 3 N–H and O–H groups in total. The van der Waals surface area contributed by atoms with Crippen LogP contribution < -0.4 is 5.56 Å². The number of aliphatic hydroxyl groups excluding tert-OH is 3. The first-order valence-corrected chi connectivity index (χ1v) is 6.09. The Bertz CT molecular complexity index is 696. The zero-order chi connectivity index (χ0) is 14.4. The van der Waals surface area contributed by atoms with Crippen molar-refractivity contribution in [2.75, 3.05) is 6.61 Å². The van der Waals surface area contributed by atoms with E-state index in [1.165, 1.54) is 17.0 Å². The van der Waals surface area contributed by atoms with E-state index in [9.17, 15) is 15.0 Å². The molecule has 9 nitrogen and oxygen atoms in total. The van der Waals surface area contributed by atoms with Crippen molar-refractivity contribution in [3.8, 4) is 0 Å². The molecule has 3 heterocycles. The highest BCUT2D eigenvalue weighted by Crippen LogP contribution is 2.29. The summed E-state index contributed by atoms with van der Waals surface area (Å²) in [6, 6.07) is 1.33. The van der Waals surface area contributed by atoms with E-state index in [-0.39, 0.29) is 11.3 Å². The maximum Gasteiger partial charge on any atom is 0.275 e. The standard InChI is InChI=1S/C11H14N4O5/c1-5-2-7(17)15-11(13-5)14(4-12-15)10-9(19)8(18)6(3-16)20-10/h2,4,6,8-10,16,18-19H,3H2,1H3/t6-,8-,9-,10-/m1/s1. The number of hydrogen-bond donors (Lipinski definition) is 3. The van der Waals surface area contributed by atoms with Gasteiger partial charge in [0.05, 0.1) is 6.61 Å². The SMILES string of the molecule is Cc1cc(=O)n2ncn([C@@H]3O[C@H](CO)[C@@H](O)[C@H]3O)c2n1. The molecule has 1 aliphatic rings. The molecular weight excluding hydrogens is 268 g/mol. The quantitative estimate of drug-likeness (QED) is 0.572. The van der Waals surface area contributed by atoms with E-state index in [0.717, 1.165) is 4.52 Å². The molecule has 0 unspecified atom stereocenters. The summed E-state index contributed by atoms with van der Waals surface area (Å²) < 4.78 is 7.82. The molecule has 0 spiro atoms. The highest BCUT2D eigenvalue weighted by Gasteiger charge is 2.44. The molecule has 108 valence electrons. The minimum absolute atomic E-state index is 0.199. The van der Waals surface area contributed by atoms with Crippen LogP contribution in [0.15, 0.2) is 17.2 Å². The highest BCUT2D eigenvalue weighted by molar-refractivity contribution is 5.29. The zero-order valence-corrected chi connectivity index (χ0v) is 10.6. The minimum Gasteiger partial charge on any atom is -0.394 e. The van der Waals surface area contributed by atoms with Crippen molar-refractivity contribution in [3.63, 3.8) is 0 Å². The van der Waals surface area contributed by atoms with E-state index >= 15 is 0 Å². The number of aliphatic hydroxyl groups is 3. The molecule has 9 heteroatoms. The van der Waals surface area contributed by atoms with Crippen LogP contribution >= 0.6 is 0 Å². The summed E-state index contributed by atoms with van der Waals surface area (Å²) in [6.07, 6.45) is -3.03. The Balaban J connectivity index is 2.09. The van der Waals surface area contributed by atoms with Crippen LogP contribution in [0.5, 0.6) is 0 Å². The fourth-order valence-corrected chi connectivity index (χ4v) is 2.30. The van der Waals surface area contributed by atoms with Gasteiger partial charge in [-0.1, -0.05) is 0 Å². The predicted molar refractivity (Wildman–Crippen MR) is 65.0 cm³/mol. The lowest BCUT2D eigenvalue weighted by Gasteiger charge is -2.15. The molecule has 0 amide bonds. The number of fused-ring (bicyclic) bond motifs is 1. The van der Waals surface area contributed by atoms with Crippen molar-refractivity contribution in [3.05, 3.63) is 28.4 Å². The average Bonchev–Trinajstić information content (AvgIpc) is 2.93. The Labute approximate surface area is 112 Å². The summed E-state index contributed by atoms with van der Waals surface area (Å²) in [5.74, 6) is 0.199. The maximum atomic E-state index is 11.7. The van der Waals surface area contributed by atoms with Crippen molar-refractivity contribution in [2.24, 2.45) is 0 Å². The molecule has 1 saturated heterocycles. The second-order valence-corrected chi connectivity index (χ2v) is 4.71. The molecule has 0 radical (unpaired) electrons. The van der Waals surface area contributed by atoms with Gasteiger partial charge in [0.15, 0.2) is 6.23 Å². The third-order valence-corrected chi connectivity index (χ3v) is 3.32. The Morgan fingerprint density at radius 3 is 2.80 bits per heavy atom. The number of ether oxygens (including phenoxy) is 1. The molecule has 2 aromatic heterocycles. The van der Waals surface area contributed by atoms with Crippen LogP contribution in [0, 0.1) is 6.92 Å². The third kappa shape index (κ3) is 1.83. The van der Waals surface area contributed by atoms with Gasteiger partial charge in [-0.2, -0.15) is 9.61 Å². The van der Waals surface area contributed by atoms with Crippen LogP contribution in [0.2, 0.25) is 0 Å². The molecular formula is C11H14N4O5. The Kier molecular flexibility index (Phi) is 3.05. The zero-order valence-electron chi connectivity index (χ0n) is 10.6. The average molecular weight is 282 g/mol. The number of nitrogens with zero attached hydrogens (tertiary/aromatic N) is 4. The molecule has 1 aliphatic heterocycles. The molecule has 2 aromatic rings. The van der Waals surface area contributed by atoms with E-state index < -0.39 is 31.1 Å². The van der Waals surface area contributed by atoms with E-state index in [1.54, 1.807) is 6.92 Å². The summed E-state index contributed by atoms with van der Waals surface area (Å²) in [5, 5.41) is 32.7. The number of hydrogen-bond acceptors (Lipinski definition) is 7. The van der Waals surface area contributed by atoms with Crippen molar-refractivity contribution >= 4 is 5.78 Å². The van der Waals surface area contributed by atoms with Gasteiger partial charge in [-0.3, -0.25) is 9.36 Å². The minimum atomic E-state index is -1.25. The second kappa shape index (κ2) is 4.63. The van der Waals surface area contributed by atoms with Gasteiger partial charge in [0.25, 0.3) is 5.56 Å². The first-order chi connectivity index (χ1) is 9.52. The highest BCUT2D eigenvalue weighted by atomic mass is 16.6. The summed E-state index contributed by atoms with van der Waals surface area (Å²) >= 11 is 0. The van der Waals surface area contributed by atoms with Gasteiger partial charge in [0, 0.05) is 11.8 Å². The van der Waals surface area contributed by atoms with Gasteiger partial charge < -0.3 is 20.1 Å². The third-order valence-electron chi connectivity index (χ3n) is 3.32. The topological polar surface area (TPSA) is 122 Å². The van der Waals surface area contributed by atoms with Crippen molar-refractivity contribution in [2.45, 2.75) is 31.5 Å². The van der Waals surface area contributed by atoms with Gasteiger partial charge in [-0.15, -0.1) is 0 Å². The smallest absolute Gasteiger partial charge is 0.275 e. The van der Waals surface area contributed by atoms with Crippen LogP contribution in [0.3, 0.4) is 0 Å². The van der Waals surface area contributed by atoms with Crippen LogP contribution in [-0.4, -0.2) is 59.4 Å². The van der Waals surface area contributed by atoms with Gasteiger partial charge in [-0.05, 0) is 6.92 Å². The number of aryl methyl sites for hydroxylation is 1. The molecule has 4 atom stereocenters.